The zero-order chi connectivity index (χ0) is 10.4. The molecule has 14 heavy (non-hydrogen) atoms. The molecular weight excluding hydrogens is 262 g/mol. The predicted octanol–water partition coefficient (Wildman–Crippen LogP) is 2.68. The Balaban J connectivity index is 2.40. The van der Waals surface area contributed by atoms with Gasteiger partial charge < -0.3 is 10.1 Å². The van der Waals surface area contributed by atoms with Gasteiger partial charge in [-0.15, -0.1) is 11.3 Å². The van der Waals surface area contributed by atoms with Gasteiger partial charge >= 0.3 is 0 Å². The van der Waals surface area contributed by atoms with E-state index in [1.807, 2.05) is 7.05 Å². The van der Waals surface area contributed by atoms with Gasteiger partial charge in [-0.05, 0) is 41.9 Å². The van der Waals surface area contributed by atoms with E-state index in [9.17, 15) is 0 Å². The smallest absolute Gasteiger partial charge is 0.0477 e. The molecule has 0 saturated carbocycles. The molecule has 0 aliphatic heterocycles. The number of halogens is 1. The highest BCUT2D eigenvalue weighted by Crippen LogP contribution is 2.21. The number of methoxy groups -OCH3 is 1. The normalized spacial score (nSPS) is 13.1. The summed E-state index contributed by atoms with van der Waals surface area (Å²) in [6.07, 6.45) is 2.14. The Bertz CT molecular complexity index is 264. The second kappa shape index (κ2) is 6.56. The molecule has 1 heterocycles. The molecule has 1 N–H and O–H groups in total. The molecule has 1 aromatic rings. The largest absolute Gasteiger partial charge is 0.385 e. The molecule has 0 radical (unpaired) electrons. The number of hydrogen-bond donors (Lipinski definition) is 1. The highest BCUT2D eigenvalue weighted by molar-refractivity contribution is 9.10. The zero-order valence-corrected chi connectivity index (χ0v) is 11.0. The van der Waals surface area contributed by atoms with Gasteiger partial charge in [-0.25, -0.2) is 0 Å². The molecule has 0 aromatic carbocycles. The average Bonchev–Trinajstić information content (AvgIpc) is 2.58. The molecule has 0 amide bonds. The lowest BCUT2D eigenvalue weighted by molar-refractivity contribution is 0.184. The molecule has 1 atom stereocenters. The quantitative estimate of drug-likeness (QED) is 0.863. The fourth-order valence-electron chi connectivity index (χ4n) is 1.31. The summed E-state index contributed by atoms with van der Waals surface area (Å²) in [5.74, 6) is 0. The Morgan fingerprint density at radius 1 is 1.64 bits per heavy atom. The molecule has 0 bridgehead atoms. The van der Waals surface area contributed by atoms with Crippen molar-refractivity contribution < 1.29 is 4.74 Å². The van der Waals surface area contributed by atoms with E-state index in [0.717, 1.165) is 19.4 Å². The van der Waals surface area contributed by atoms with Gasteiger partial charge in [0.1, 0.15) is 0 Å². The minimum Gasteiger partial charge on any atom is -0.385 e. The Morgan fingerprint density at radius 3 is 2.93 bits per heavy atom. The van der Waals surface area contributed by atoms with Crippen LogP contribution in [0, 0.1) is 0 Å². The molecule has 4 heteroatoms. The van der Waals surface area contributed by atoms with Crippen molar-refractivity contribution in [2.75, 3.05) is 20.8 Å². The van der Waals surface area contributed by atoms with Crippen LogP contribution in [0.5, 0.6) is 0 Å². The second-order valence-electron chi connectivity index (χ2n) is 3.20. The minimum absolute atomic E-state index is 0.514. The van der Waals surface area contributed by atoms with Crippen molar-refractivity contribution in [1.29, 1.82) is 0 Å². The molecule has 1 aromatic heterocycles. The Kier molecular flexibility index (Phi) is 5.70. The van der Waals surface area contributed by atoms with Gasteiger partial charge in [-0.1, -0.05) is 0 Å². The van der Waals surface area contributed by atoms with Gasteiger partial charge in [0, 0.05) is 34.5 Å². The molecule has 80 valence electrons. The summed E-state index contributed by atoms with van der Waals surface area (Å²) < 4.78 is 6.25. The minimum atomic E-state index is 0.514. The lowest BCUT2D eigenvalue weighted by Gasteiger charge is -2.14. The predicted molar refractivity (Wildman–Crippen MR) is 65.1 cm³/mol. The van der Waals surface area contributed by atoms with Crippen molar-refractivity contribution >= 4 is 27.3 Å². The second-order valence-corrected chi connectivity index (χ2v) is 5.11. The van der Waals surface area contributed by atoms with E-state index in [1.54, 1.807) is 18.4 Å². The monoisotopic (exact) mass is 277 g/mol. The SMILES string of the molecule is CNC(CCOC)Cc1cc(Br)cs1. The molecule has 1 unspecified atom stereocenters. The molecule has 1 rings (SSSR count). The third kappa shape index (κ3) is 4.09. The van der Waals surface area contributed by atoms with E-state index in [2.05, 4.69) is 32.7 Å². The Hall–Kier alpha value is 0.1000. The summed E-state index contributed by atoms with van der Waals surface area (Å²) in [6, 6.07) is 2.70. The van der Waals surface area contributed by atoms with Gasteiger partial charge in [0.05, 0.1) is 0 Å². The molecular formula is C10H16BrNOS. The molecule has 0 aliphatic rings. The average molecular weight is 278 g/mol. The van der Waals surface area contributed by atoms with Crippen LogP contribution >= 0.6 is 27.3 Å². The van der Waals surface area contributed by atoms with Crippen LogP contribution in [0.4, 0.5) is 0 Å². The van der Waals surface area contributed by atoms with Gasteiger partial charge in [0.2, 0.25) is 0 Å². The van der Waals surface area contributed by atoms with Gasteiger partial charge in [0.15, 0.2) is 0 Å². The maximum absolute atomic E-state index is 5.07. The highest BCUT2D eigenvalue weighted by atomic mass is 79.9. The number of thiophene rings is 1. The molecule has 0 saturated heterocycles. The first-order chi connectivity index (χ1) is 6.76. The summed E-state index contributed by atoms with van der Waals surface area (Å²) in [5.41, 5.74) is 0. The zero-order valence-electron chi connectivity index (χ0n) is 8.55. The standard InChI is InChI=1S/C10H16BrNOS/c1-12-9(3-4-13-2)6-10-5-8(11)7-14-10/h5,7,9,12H,3-4,6H2,1-2H3. The topological polar surface area (TPSA) is 21.3 Å². The first-order valence-electron chi connectivity index (χ1n) is 4.65. The summed E-state index contributed by atoms with van der Waals surface area (Å²) in [6.45, 7) is 0.818. The summed E-state index contributed by atoms with van der Waals surface area (Å²) in [7, 11) is 3.75. The maximum Gasteiger partial charge on any atom is 0.0477 e. The van der Waals surface area contributed by atoms with Crippen LogP contribution in [0.2, 0.25) is 0 Å². The Labute approximate surface area is 97.8 Å². The number of nitrogens with one attached hydrogen (secondary N) is 1. The number of rotatable bonds is 6. The van der Waals surface area contributed by atoms with E-state index in [0.29, 0.717) is 6.04 Å². The lowest BCUT2D eigenvalue weighted by atomic mass is 10.1. The summed E-state index contributed by atoms with van der Waals surface area (Å²) in [5, 5.41) is 5.43. The summed E-state index contributed by atoms with van der Waals surface area (Å²) >= 11 is 5.26. The third-order valence-corrected chi connectivity index (χ3v) is 3.87. The van der Waals surface area contributed by atoms with Crippen molar-refractivity contribution in [3.05, 3.63) is 20.8 Å². The van der Waals surface area contributed by atoms with E-state index in [-0.39, 0.29) is 0 Å². The number of hydrogen-bond acceptors (Lipinski definition) is 3. The van der Waals surface area contributed by atoms with Crippen LogP contribution < -0.4 is 5.32 Å². The van der Waals surface area contributed by atoms with Crippen LogP contribution in [0.25, 0.3) is 0 Å². The summed E-state index contributed by atoms with van der Waals surface area (Å²) in [4.78, 5) is 1.41. The van der Waals surface area contributed by atoms with Crippen molar-refractivity contribution in [2.24, 2.45) is 0 Å². The molecule has 0 aliphatic carbocycles. The van der Waals surface area contributed by atoms with Gasteiger partial charge in [0.25, 0.3) is 0 Å². The maximum atomic E-state index is 5.07. The fraction of sp³-hybridized carbons (Fsp3) is 0.600. The van der Waals surface area contributed by atoms with E-state index >= 15 is 0 Å². The molecule has 2 nitrogen and oxygen atoms in total. The van der Waals surface area contributed by atoms with Crippen molar-refractivity contribution in [1.82, 2.24) is 5.32 Å². The first-order valence-corrected chi connectivity index (χ1v) is 6.32. The van der Waals surface area contributed by atoms with Crippen LogP contribution in [-0.4, -0.2) is 26.8 Å². The molecule has 0 fully saturated rings. The van der Waals surface area contributed by atoms with Crippen molar-refractivity contribution in [2.45, 2.75) is 18.9 Å². The fourth-order valence-corrected chi connectivity index (χ4v) is 2.84. The van der Waals surface area contributed by atoms with Crippen LogP contribution in [0.3, 0.4) is 0 Å². The molecule has 0 spiro atoms. The van der Waals surface area contributed by atoms with Crippen LogP contribution in [0.1, 0.15) is 11.3 Å². The van der Waals surface area contributed by atoms with Crippen molar-refractivity contribution in [3.8, 4) is 0 Å². The van der Waals surface area contributed by atoms with E-state index in [1.165, 1.54) is 9.35 Å². The van der Waals surface area contributed by atoms with E-state index < -0.39 is 0 Å². The number of likely N-dealkylation sites (N-methyl/N-ethyl adjacent to an activating group) is 1. The van der Waals surface area contributed by atoms with Crippen LogP contribution in [-0.2, 0) is 11.2 Å². The van der Waals surface area contributed by atoms with Gasteiger partial charge in [-0.2, -0.15) is 0 Å². The Morgan fingerprint density at radius 2 is 2.43 bits per heavy atom. The lowest BCUT2D eigenvalue weighted by Crippen LogP contribution is -2.28. The van der Waals surface area contributed by atoms with Crippen LogP contribution in [0.15, 0.2) is 15.9 Å². The third-order valence-electron chi connectivity index (χ3n) is 2.15. The number of ether oxygens (including phenoxy) is 1. The highest BCUT2D eigenvalue weighted by Gasteiger charge is 2.08. The van der Waals surface area contributed by atoms with Gasteiger partial charge in [-0.3, -0.25) is 0 Å². The first kappa shape index (κ1) is 12.2. The van der Waals surface area contributed by atoms with Crippen molar-refractivity contribution in [3.63, 3.8) is 0 Å². The van der Waals surface area contributed by atoms with E-state index in [4.69, 9.17) is 4.74 Å².